The maximum atomic E-state index is 12.6. The van der Waals surface area contributed by atoms with Crippen LogP contribution in [0.4, 0.5) is 17.2 Å². The molecule has 1 saturated heterocycles. The second-order valence-electron chi connectivity index (χ2n) is 10.5. The van der Waals surface area contributed by atoms with Gasteiger partial charge in [0.05, 0.1) is 17.8 Å². The summed E-state index contributed by atoms with van der Waals surface area (Å²) in [4.78, 5) is 24.1. The molecule has 7 heteroatoms. The topological polar surface area (TPSA) is 51.7 Å². The van der Waals surface area contributed by atoms with Crippen LogP contribution in [0.1, 0.15) is 26.3 Å². The summed E-state index contributed by atoms with van der Waals surface area (Å²) < 4.78 is 0. The largest absolute Gasteiger partial charge is 0.371 e. The Morgan fingerprint density at radius 2 is 1.77 bits per heavy atom. The highest BCUT2D eigenvalue weighted by molar-refractivity contribution is 7.08. The molecule has 0 unspecified atom stereocenters. The third kappa shape index (κ3) is 6.34. The van der Waals surface area contributed by atoms with E-state index in [0.29, 0.717) is 6.42 Å². The molecule has 2 aromatic heterocycles. The summed E-state index contributed by atoms with van der Waals surface area (Å²) in [6.07, 6.45) is 0.505. The molecule has 0 saturated carbocycles. The van der Waals surface area contributed by atoms with Gasteiger partial charge in [-0.1, -0.05) is 32.9 Å². The first kappa shape index (κ1) is 25.0. The average Bonchev–Trinajstić information content (AvgIpc) is 3.36. The van der Waals surface area contributed by atoms with Crippen molar-refractivity contribution in [2.45, 2.75) is 27.2 Å². The van der Waals surface area contributed by atoms with Crippen LogP contribution < -0.4 is 15.1 Å². The Kier molecular flexibility index (Phi) is 7.65. The monoisotopic (exact) mass is 491 g/mol. The first-order valence-electron chi connectivity index (χ1n) is 12.3. The number of piperazine rings is 1. The Balaban J connectivity index is 1.39. The maximum absolute atomic E-state index is 12.6. The first-order chi connectivity index (χ1) is 16.7. The number of aromatic nitrogens is 1. The van der Waals surface area contributed by atoms with Crippen LogP contribution in [0.2, 0.25) is 0 Å². The lowest BCUT2D eigenvalue weighted by molar-refractivity contribution is -0.130. The molecule has 1 fully saturated rings. The third-order valence-electron chi connectivity index (χ3n) is 6.33. The van der Waals surface area contributed by atoms with Gasteiger partial charge >= 0.3 is 0 Å². The van der Waals surface area contributed by atoms with Crippen LogP contribution in [-0.4, -0.2) is 62.6 Å². The lowest BCUT2D eigenvalue weighted by Crippen LogP contribution is -2.49. The Labute approximate surface area is 213 Å². The number of pyridine rings is 1. The second kappa shape index (κ2) is 10.7. The van der Waals surface area contributed by atoms with Crippen molar-refractivity contribution in [1.82, 2.24) is 9.88 Å². The summed E-state index contributed by atoms with van der Waals surface area (Å²) in [5.41, 5.74) is 5.67. The minimum absolute atomic E-state index is 0.205. The number of thiophene rings is 1. The summed E-state index contributed by atoms with van der Waals surface area (Å²) in [5.74, 6) is 1.11. The van der Waals surface area contributed by atoms with E-state index < -0.39 is 0 Å². The van der Waals surface area contributed by atoms with Crippen LogP contribution >= 0.6 is 11.3 Å². The van der Waals surface area contributed by atoms with E-state index in [0.717, 1.165) is 61.0 Å². The van der Waals surface area contributed by atoms with Gasteiger partial charge in [0.25, 0.3) is 0 Å². The third-order valence-corrected chi connectivity index (χ3v) is 7.06. The molecule has 0 aliphatic carbocycles. The van der Waals surface area contributed by atoms with Gasteiger partial charge in [-0.3, -0.25) is 4.79 Å². The minimum atomic E-state index is 0.205. The van der Waals surface area contributed by atoms with Gasteiger partial charge in [-0.25, -0.2) is 4.98 Å². The fourth-order valence-electron chi connectivity index (χ4n) is 4.64. The van der Waals surface area contributed by atoms with E-state index >= 15 is 0 Å². The van der Waals surface area contributed by atoms with Crippen LogP contribution in [0, 0.1) is 5.41 Å². The first-order valence-corrected chi connectivity index (χ1v) is 13.2. The van der Waals surface area contributed by atoms with E-state index in [2.05, 4.69) is 84.7 Å². The fourth-order valence-corrected chi connectivity index (χ4v) is 5.31. The maximum Gasteiger partial charge on any atom is 0.227 e. The van der Waals surface area contributed by atoms with Gasteiger partial charge in [0.15, 0.2) is 0 Å². The summed E-state index contributed by atoms with van der Waals surface area (Å²) >= 11 is 1.64. The standard InChI is InChI=1S/C28H37N5OS/c1-28(2,3)20-31(5)25-11-10-24(30-27(25)29-4)22-6-8-23(9-7-22)32-13-15-33(16-14-32)26(34)18-21-12-17-35-19-21/h6-12,17,19H,13-16,18,20H2,1-5H3,(H,29,30). The highest BCUT2D eigenvalue weighted by Crippen LogP contribution is 2.30. The van der Waals surface area contributed by atoms with Gasteiger partial charge in [-0.2, -0.15) is 11.3 Å². The molecule has 1 aromatic carbocycles. The van der Waals surface area contributed by atoms with Crippen LogP contribution in [-0.2, 0) is 11.2 Å². The van der Waals surface area contributed by atoms with Crippen LogP contribution in [0.25, 0.3) is 11.3 Å². The summed E-state index contributed by atoms with van der Waals surface area (Å²) in [7, 11) is 4.04. The molecule has 0 radical (unpaired) electrons. The highest BCUT2D eigenvalue weighted by atomic mass is 32.1. The number of amides is 1. The fraction of sp³-hybridized carbons (Fsp3) is 0.429. The van der Waals surface area contributed by atoms with Gasteiger partial charge in [0.2, 0.25) is 5.91 Å². The van der Waals surface area contributed by atoms with Crippen LogP contribution in [0.5, 0.6) is 0 Å². The second-order valence-corrected chi connectivity index (χ2v) is 11.2. The van der Waals surface area contributed by atoms with Crippen molar-refractivity contribution in [3.8, 4) is 11.3 Å². The Hall–Kier alpha value is -3.06. The molecule has 6 nitrogen and oxygen atoms in total. The number of benzene rings is 1. The predicted molar refractivity (Wildman–Crippen MR) is 149 cm³/mol. The molecule has 1 N–H and O–H groups in total. The van der Waals surface area contributed by atoms with Gasteiger partial charge in [-0.05, 0) is 52.1 Å². The molecule has 0 spiro atoms. The summed E-state index contributed by atoms with van der Waals surface area (Å²) in [6.45, 7) is 10.9. The average molecular weight is 492 g/mol. The van der Waals surface area contributed by atoms with Crippen molar-refractivity contribution >= 4 is 34.4 Å². The molecule has 1 aliphatic heterocycles. The predicted octanol–water partition coefficient (Wildman–Crippen LogP) is 5.23. The molecule has 0 bridgehead atoms. The zero-order valence-corrected chi connectivity index (χ0v) is 22.4. The number of rotatable bonds is 7. The SMILES string of the molecule is CNc1nc(-c2ccc(N3CCN(C(=O)Cc4ccsc4)CC3)cc2)ccc1N(C)CC(C)(C)C. The van der Waals surface area contributed by atoms with Crippen molar-refractivity contribution in [3.05, 3.63) is 58.8 Å². The molecular weight excluding hydrogens is 454 g/mol. The number of anilines is 3. The minimum Gasteiger partial charge on any atom is -0.371 e. The van der Waals surface area contributed by atoms with E-state index in [1.54, 1.807) is 11.3 Å². The van der Waals surface area contributed by atoms with Crippen molar-refractivity contribution in [2.24, 2.45) is 5.41 Å². The molecule has 0 atom stereocenters. The van der Waals surface area contributed by atoms with Crippen molar-refractivity contribution in [1.29, 1.82) is 0 Å². The molecule has 4 rings (SSSR count). The smallest absolute Gasteiger partial charge is 0.227 e. The Bertz CT molecular complexity index is 1110. The Morgan fingerprint density at radius 1 is 1.06 bits per heavy atom. The van der Waals surface area contributed by atoms with Crippen molar-refractivity contribution in [2.75, 3.05) is 61.9 Å². The molecule has 3 aromatic rings. The highest BCUT2D eigenvalue weighted by Gasteiger charge is 2.22. The van der Waals surface area contributed by atoms with E-state index in [4.69, 9.17) is 4.98 Å². The normalized spacial score (nSPS) is 14.2. The molecule has 35 heavy (non-hydrogen) atoms. The zero-order chi connectivity index (χ0) is 25.0. The zero-order valence-electron chi connectivity index (χ0n) is 21.5. The van der Waals surface area contributed by atoms with Crippen LogP contribution in [0.15, 0.2) is 53.2 Å². The lowest BCUT2D eigenvalue weighted by Gasteiger charge is -2.36. The number of carbonyl (C=O) groups excluding carboxylic acids is 1. The van der Waals surface area contributed by atoms with E-state index in [1.165, 1.54) is 5.69 Å². The molecule has 1 aliphatic rings. The quantitative estimate of drug-likeness (QED) is 0.491. The number of carbonyl (C=O) groups is 1. The van der Waals surface area contributed by atoms with Crippen molar-refractivity contribution in [3.63, 3.8) is 0 Å². The van der Waals surface area contributed by atoms with E-state index in [9.17, 15) is 4.79 Å². The van der Waals surface area contributed by atoms with Gasteiger partial charge in [-0.15, -0.1) is 0 Å². The molecule has 1 amide bonds. The lowest BCUT2D eigenvalue weighted by atomic mass is 9.96. The van der Waals surface area contributed by atoms with Gasteiger partial charge in [0.1, 0.15) is 5.82 Å². The van der Waals surface area contributed by atoms with Crippen molar-refractivity contribution < 1.29 is 4.79 Å². The van der Waals surface area contributed by atoms with Gasteiger partial charge < -0.3 is 20.0 Å². The number of nitrogens with one attached hydrogen (secondary N) is 1. The number of nitrogens with zero attached hydrogens (tertiary/aromatic N) is 4. The number of hydrogen-bond donors (Lipinski definition) is 1. The number of hydrogen-bond acceptors (Lipinski definition) is 6. The molecule has 186 valence electrons. The van der Waals surface area contributed by atoms with Gasteiger partial charge in [0, 0.05) is 58.1 Å². The summed E-state index contributed by atoms with van der Waals surface area (Å²) in [5, 5.41) is 7.35. The van der Waals surface area contributed by atoms with E-state index in [-0.39, 0.29) is 11.3 Å². The Morgan fingerprint density at radius 3 is 2.37 bits per heavy atom. The molecular formula is C28H37N5OS. The summed E-state index contributed by atoms with van der Waals surface area (Å²) in [6, 6.07) is 14.9. The molecule has 3 heterocycles. The van der Waals surface area contributed by atoms with E-state index in [1.807, 2.05) is 23.4 Å². The van der Waals surface area contributed by atoms with Crippen LogP contribution in [0.3, 0.4) is 0 Å².